The van der Waals surface area contributed by atoms with E-state index in [1.54, 1.807) is 12.4 Å². The Hall–Kier alpha value is -1.46. The summed E-state index contributed by atoms with van der Waals surface area (Å²) < 4.78 is 10.4. The van der Waals surface area contributed by atoms with Gasteiger partial charge in [-0.15, -0.1) is 0 Å². The van der Waals surface area contributed by atoms with Crippen molar-refractivity contribution in [2.24, 2.45) is 0 Å². The highest BCUT2D eigenvalue weighted by Crippen LogP contribution is 2.01. The number of pyridine rings is 1. The third-order valence-electron chi connectivity index (χ3n) is 2.30. The predicted octanol–water partition coefficient (Wildman–Crippen LogP) is 0.113. The zero-order valence-electron chi connectivity index (χ0n) is 8.89. The van der Waals surface area contributed by atoms with E-state index in [-0.39, 0.29) is 5.91 Å². The summed E-state index contributed by atoms with van der Waals surface area (Å²) in [5.74, 6) is -0.136. The summed E-state index contributed by atoms with van der Waals surface area (Å²) in [4.78, 5) is 15.6. The molecule has 2 heterocycles. The lowest BCUT2D eigenvalue weighted by atomic mass is 10.2. The Kier molecular flexibility index (Phi) is 3.85. The van der Waals surface area contributed by atoms with Gasteiger partial charge in [-0.1, -0.05) is 6.07 Å². The lowest BCUT2D eigenvalue weighted by Crippen LogP contribution is -2.42. The first kappa shape index (κ1) is 11.0. The molecule has 0 saturated carbocycles. The molecule has 1 aliphatic rings. The molecule has 0 radical (unpaired) electrons. The van der Waals surface area contributed by atoms with Crippen molar-refractivity contribution in [3.8, 4) is 0 Å². The maximum absolute atomic E-state index is 11.6. The summed E-state index contributed by atoms with van der Waals surface area (Å²) >= 11 is 0. The van der Waals surface area contributed by atoms with E-state index in [2.05, 4.69) is 10.3 Å². The van der Waals surface area contributed by atoms with Gasteiger partial charge in [-0.25, -0.2) is 0 Å². The highest BCUT2D eigenvalue weighted by atomic mass is 16.6. The molecule has 1 saturated heterocycles. The van der Waals surface area contributed by atoms with Crippen LogP contribution in [0.3, 0.4) is 0 Å². The molecule has 0 bridgehead atoms. The molecule has 1 aromatic heterocycles. The van der Waals surface area contributed by atoms with Crippen LogP contribution in [0.2, 0.25) is 0 Å². The van der Waals surface area contributed by atoms with E-state index in [9.17, 15) is 4.79 Å². The van der Waals surface area contributed by atoms with Gasteiger partial charge in [0.1, 0.15) is 0 Å². The third-order valence-corrected chi connectivity index (χ3v) is 2.30. The lowest BCUT2D eigenvalue weighted by Gasteiger charge is -2.21. The molecule has 0 aromatic carbocycles. The Morgan fingerprint density at radius 3 is 3.19 bits per heavy atom. The van der Waals surface area contributed by atoms with Crippen LogP contribution in [-0.2, 0) is 20.8 Å². The molecule has 1 N–H and O–H groups in total. The number of nitrogens with zero attached hydrogens (tertiary/aromatic N) is 1. The van der Waals surface area contributed by atoms with Crippen molar-refractivity contribution in [1.82, 2.24) is 10.3 Å². The van der Waals surface area contributed by atoms with Crippen LogP contribution in [0.25, 0.3) is 0 Å². The second kappa shape index (κ2) is 5.58. The molecular formula is C11H14N2O3. The summed E-state index contributed by atoms with van der Waals surface area (Å²) in [6.45, 7) is 1.84. The van der Waals surface area contributed by atoms with Crippen molar-refractivity contribution in [3.63, 3.8) is 0 Å². The van der Waals surface area contributed by atoms with E-state index in [1.807, 2.05) is 12.1 Å². The zero-order chi connectivity index (χ0) is 11.2. The molecule has 1 fully saturated rings. The number of carbonyl (C=O) groups is 1. The van der Waals surface area contributed by atoms with Crippen LogP contribution in [-0.4, -0.2) is 36.8 Å². The molecular weight excluding hydrogens is 208 g/mol. The number of rotatable bonds is 3. The Balaban J connectivity index is 1.79. The van der Waals surface area contributed by atoms with Gasteiger partial charge in [0.15, 0.2) is 6.10 Å². The molecule has 16 heavy (non-hydrogen) atoms. The monoisotopic (exact) mass is 222 g/mol. The van der Waals surface area contributed by atoms with Crippen molar-refractivity contribution in [1.29, 1.82) is 0 Å². The summed E-state index contributed by atoms with van der Waals surface area (Å²) in [5.41, 5.74) is 0.965. The highest BCUT2D eigenvalue weighted by Gasteiger charge is 2.21. The summed E-state index contributed by atoms with van der Waals surface area (Å²) in [7, 11) is 0. The molecule has 1 atom stereocenters. The molecule has 1 amide bonds. The standard InChI is InChI=1S/C11H14N2O3/c14-11(10-8-15-4-5-16-10)13-7-9-2-1-3-12-6-9/h1-3,6,10H,4-5,7-8H2,(H,13,14)/t10-/m1/s1. The second-order valence-electron chi connectivity index (χ2n) is 3.51. The Morgan fingerprint density at radius 1 is 1.56 bits per heavy atom. The van der Waals surface area contributed by atoms with Gasteiger partial charge in [0.2, 0.25) is 0 Å². The predicted molar refractivity (Wildman–Crippen MR) is 56.6 cm³/mol. The fourth-order valence-electron chi connectivity index (χ4n) is 1.44. The molecule has 5 heteroatoms. The van der Waals surface area contributed by atoms with Crippen molar-refractivity contribution < 1.29 is 14.3 Å². The van der Waals surface area contributed by atoms with Gasteiger partial charge in [-0.2, -0.15) is 0 Å². The molecule has 86 valence electrons. The number of ether oxygens (including phenoxy) is 2. The molecule has 1 aromatic rings. The maximum Gasteiger partial charge on any atom is 0.251 e. The van der Waals surface area contributed by atoms with E-state index in [4.69, 9.17) is 9.47 Å². The van der Waals surface area contributed by atoms with Crippen LogP contribution in [0.5, 0.6) is 0 Å². The first-order chi connectivity index (χ1) is 7.86. The molecule has 0 unspecified atom stereocenters. The van der Waals surface area contributed by atoms with Gasteiger partial charge in [0, 0.05) is 18.9 Å². The average Bonchev–Trinajstić information content (AvgIpc) is 2.38. The van der Waals surface area contributed by atoms with E-state index < -0.39 is 6.10 Å². The van der Waals surface area contributed by atoms with E-state index in [0.717, 1.165) is 5.56 Å². The van der Waals surface area contributed by atoms with Crippen molar-refractivity contribution in [2.75, 3.05) is 19.8 Å². The smallest absolute Gasteiger partial charge is 0.251 e. The van der Waals surface area contributed by atoms with Gasteiger partial charge >= 0.3 is 0 Å². The summed E-state index contributed by atoms with van der Waals surface area (Å²) in [6, 6.07) is 3.74. The van der Waals surface area contributed by atoms with Crippen LogP contribution in [0, 0.1) is 0 Å². The third kappa shape index (κ3) is 3.01. The topological polar surface area (TPSA) is 60.5 Å². The molecule has 2 rings (SSSR count). The normalized spacial score (nSPS) is 20.4. The van der Waals surface area contributed by atoms with Gasteiger partial charge in [-0.05, 0) is 11.6 Å². The minimum atomic E-state index is -0.481. The number of hydrogen-bond acceptors (Lipinski definition) is 4. The maximum atomic E-state index is 11.6. The van der Waals surface area contributed by atoms with Crippen molar-refractivity contribution in [3.05, 3.63) is 30.1 Å². The van der Waals surface area contributed by atoms with E-state index >= 15 is 0 Å². The van der Waals surface area contributed by atoms with Crippen LogP contribution in [0.4, 0.5) is 0 Å². The van der Waals surface area contributed by atoms with Gasteiger partial charge in [0.05, 0.1) is 19.8 Å². The quantitative estimate of drug-likeness (QED) is 0.788. The molecule has 0 aliphatic carbocycles. The average molecular weight is 222 g/mol. The Bertz CT molecular complexity index is 336. The molecule has 0 spiro atoms. The number of nitrogens with one attached hydrogen (secondary N) is 1. The first-order valence-electron chi connectivity index (χ1n) is 5.22. The van der Waals surface area contributed by atoms with E-state index in [1.165, 1.54) is 0 Å². The van der Waals surface area contributed by atoms with Crippen molar-refractivity contribution >= 4 is 5.91 Å². The number of carbonyl (C=O) groups excluding carboxylic acids is 1. The first-order valence-corrected chi connectivity index (χ1v) is 5.22. The Labute approximate surface area is 93.8 Å². The van der Waals surface area contributed by atoms with Crippen LogP contribution < -0.4 is 5.32 Å². The second-order valence-corrected chi connectivity index (χ2v) is 3.51. The van der Waals surface area contributed by atoms with Crippen LogP contribution in [0.1, 0.15) is 5.56 Å². The number of amides is 1. The number of hydrogen-bond donors (Lipinski definition) is 1. The van der Waals surface area contributed by atoms with Crippen molar-refractivity contribution in [2.45, 2.75) is 12.6 Å². The molecule has 5 nitrogen and oxygen atoms in total. The van der Waals surface area contributed by atoms with Crippen LogP contribution in [0.15, 0.2) is 24.5 Å². The summed E-state index contributed by atoms with van der Waals surface area (Å²) in [6.07, 6.45) is 2.94. The fourth-order valence-corrected chi connectivity index (χ4v) is 1.44. The zero-order valence-corrected chi connectivity index (χ0v) is 8.89. The van der Waals surface area contributed by atoms with Gasteiger partial charge in [-0.3, -0.25) is 9.78 Å². The van der Waals surface area contributed by atoms with Gasteiger partial charge < -0.3 is 14.8 Å². The largest absolute Gasteiger partial charge is 0.376 e. The summed E-state index contributed by atoms with van der Waals surface area (Å²) in [5, 5.41) is 2.78. The number of aromatic nitrogens is 1. The fraction of sp³-hybridized carbons (Fsp3) is 0.455. The minimum Gasteiger partial charge on any atom is -0.376 e. The van der Waals surface area contributed by atoms with Gasteiger partial charge in [0.25, 0.3) is 5.91 Å². The SMILES string of the molecule is O=C(NCc1cccnc1)[C@H]1COCCO1. The highest BCUT2D eigenvalue weighted by molar-refractivity contribution is 5.80. The lowest BCUT2D eigenvalue weighted by molar-refractivity contribution is -0.147. The minimum absolute atomic E-state index is 0.136. The Morgan fingerprint density at radius 2 is 2.50 bits per heavy atom. The van der Waals surface area contributed by atoms with E-state index in [0.29, 0.717) is 26.4 Å². The van der Waals surface area contributed by atoms with Crippen LogP contribution >= 0.6 is 0 Å². The molecule has 1 aliphatic heterocycles.